The summed E-state index contributed by atoms with van der Waals surface area (Å²) in [4.78, 5) is 0. The first-order chi connectivity index (χ1) is 8.69. The van der Waals surface area contributed by atoms with Crippen LogP contribution in [0, 0.1) is 5.92 Å². The van der Waals surface area contributed by atoms with Crippen molar-refractivity contribution in [2.75, 3.05) is 7.11 Å². The SMILES string of the molecule is CCC(CC)C1CC(N)c2cc(OC)ccc2O1. The Kier molecular flexibility index (Phi) is 4.12. The van der Waals surface area contributed by atoms with E-state index in [0.717, 1.165) is 36.3 Å². The van der Waals surface area contributed by atoms with Gasteiger partial charge < -0.3 is 15.2 Å². The van der Waals surface area contributed by atoms with Gasteiger partial charge >= 0.3 is 0 Å². The van der Waals surface area contributed by atoms with Gasteiger partial charge in [-0.15, -0.1) is 0 Å². The second-order valence-electron chi connectivity index (χ2n) is 4.98. The second-order valence-corrected chi connectivity index (χ2v) is 4.98. The molecule has 1 aromatic carbocycles. The summed E-state index contributed by atoms with van der Waals surface area (Å²) in [5.41, 5.74) is 7.34. The number of ether oxygens (including phenoxy) is 2. The molecule has 3 heteroatoms. The minimum Gasteiger partial charge on any atom is -0.497 e. The summed E-state index contributed by atoms with van der Waals surface area (Å²) in [7, 11) is 1.67. The Balaban J connectivity index is 2.23. The van der Waals surface area contributed by atoms with Crippen molar-refractivity contribution in [1.82, 2.24) is 0 Å². The van der Waals surface area contributed by atoms with Crippen LogP contribution < -0.4 is 15.2 Å². The van der Waals surface area contributed by atoms with Crippen molar-refractivity contribution >= 4 is 0 Å². The first kappa shape index (κ1) is 13.2. The Labute approximate surface area is 109 Å². The molecule has 2 atom stereocenters. The van der Waals surface area contributed by atoms with E-state index in [1.54, 1.807) is 7.11 Å². The van der Waals surface area contributed by atoms with Gasteiger partial charge in [0.05, 0.1) is 7.11 Å². The molecule has 2 N–H and O–H groups in total. The van der Waals surface area contributed by atoms with Crippen LogP contribution in [0.15, 0.2) is 18.2 Å². The van der Waals surface area contributed by atoms with E-state index in [9.17, 15) is 0 Å². The Hall–Kier alpha value is -1.22. The highest BCUT2D eigenvalue weighted by molar-refractivity contribution is 5.43. The van der Waals surface area contributed by atoms with Crippen LogP contribution in [0.3, 0.4) is 0 Å². The number of rotatable bonds is 4. The molecule has 2 unspecified atom stereocenters. The van der Waals surface area contributed by atoms with Crippen LogP contribution in [0.5, 0.6) is 11.5 Å². The fourth-order valence-corrected chi connectivity index (χ4v) is 2.74. The van der Waals surface area contributed by atoms with E-state index >= 15 is 0 Å². The van der Waals surface area contributed by atoms with Crippen LogP contribution in [0.2, 0.25) is 0 Å². The van der Waals surface area contributed by atoms with Gasteiger partial charge in [0.15, 0.2) is 0 Å². The molecule has 1 heterocycles. The van der Waals surface area contributed by atoms with Crippen molar-refractivity contribution in [3.05, 3.63) is 23.8 Å². The van der Waals surface area contributed by atoms with Crippen molar-refractivity contribution in [1.29, 1.82) is 0 Å². The highest BCUT2D eigenvalue weighted by atomic mass is 16.5. The van der Waals surface area contributed by atoms with Gasteiger partial charge in [0.1, 0.15) is 17.6 Å². The van der Waals surface area contributed by atoms with E-state index in [0.29, 0.717) is 5.92 Å². The van der Waals surface area contributed by atoms with Crippen LogP contribution in [-0.2, 0) is 0 Å². The van der Waals surface area contributed by atoms with Gasteiger partial charge in [-0.1, -0.05) is 13.8 Å². The van der Waals surface area contributed by atoms with Crippen LogP contribution in [0.4, 0.5) is 0 Å². The first-order valence-electron chi connectivity index (χ1n) is 6.79. The Bertz CT molecular complexity index is 401. The molecule has 0 aliphatic carbocycles. The molecule has 0 saturated heterocycles. The fourth-order valence-electron chi connectivity index (χ4n) is 2.74. The van der Waals surface area contributed by atoms with Gasteiger partial charge in [0.2, 0.25) is 0 Å². The monoisotopic (exact) mass is 249 g/mol. The normalized spacial score (nSPS) is 22.5. The molecular weight excluding hydrogens is 226 g/mol. The first-order valence-corrected chi connectivity index (χ1v) is 6.79. The summed E-state index contributed by atoms with van der Waals surface area (Å²) in [6.07, 6.45) is 3.42. The third-order valence-corrected chi connectivity index (χ3v) is 3.96. The fraction of sp³-hybridized carbons (Fsp3) is 0.600. The van der Waals surface area contributed by atoms with Gasteiger partial charge in [-0.3, -0.25) is 0 Å². The zero-order chi connectivity index (χ0) is 13.1. The zero-order valence-corrected chi connectivity index (χ0v) is 11.5. The molecule has 0 spiro atoms. The quantitative estimate of drug-likeness (QED) is 0.890. The maximum absolute atomic E-state index is 6.27. The lowest BCUT2D eigenvalue weighted by Crippen LogP contribution is -2.34. The average molecular weight is 249 g/mol. The number of hydrogen-bond acceptors (Lipinski definition) is 3. The van der Waals surface area contributed by atoms with Gasteiger partial charge in [-0.2, -0.15) is 0 Å². The number of benzene rings is 1. The molecule has 3 nitrogen and oxygen atoms in total. The van der Waals surface area contributed by atoms with Crippen molar-refractivity contribution in [2.45, 2.75) is 45.3 Å². The van der Waals surface area contributed by atoms with E-state index in [1.165, 1.54) is 0 Å². The number of fused-ring (bicyclic) bond motifs is 1. The minimum absolute atomic E-state index is 0.0504. The molecule has 0 fully saturated rings. The predicted molar refractivity (Wildman–Crippen MR) is 73.0 cm³/mol. The summed E-state index contributed by atoms with van der Waals surface area (Å²) >= 11 is 0. The average Bonchev–Trinajstić information content (AvgIpc) is 2.40. The minimum atomic E-state index is 0.0504. The van der Waals surface area contributed by atoms with Gasteiger partial charge in [-0.05, 0) is 37.0 Å². The third kappa shape index (κ3) is 2.46. The largest absolute Gasteiger partial charge is 0.497 e. The van der Waals surface area contributed by atoms with Crippen molar-refractivity contribution in [3.63, 3.8) is 0 Å². The Morgan fingerprint density at radius 3 is 2.72 bits per heavy atom. The second kappa shape index (κ2) is 5.61. The molecule has 1 aliphatic rings. The van der Waals surface area contributed by atoms with E-state index in [-0.39, 0.29) is 12.1 Å². The standard InChI is InChI=1S/C15H23NO2/c1-4-10(5-2)15-9-13(16)12-8-11(17-3)6-7-14(12)18-15/h6-8,10,13,15H,4-5,9,16H2,1-3H3. The lowest BCUT2D eigenvalue weighted by Gasteiger charge is -2.34. The third-order valence-electron chi connectivity index (χ3n) is 3.96. The van der Waals surface area contributed by atoms with Gasteiger partial charge in [0, 0.05) is 18.0 Å². The highest BCUT2D eigenvalue weighted by Crippen LogP contribution is 2.38. The van der Waals surface area contributed by atoms with Crippen molar-refractivity contribution in [2.24, 2.45) is 11.7 Å². The van der Waals surface area contributed by atoms with Crippen molar-refractivity contribution < 1.29 is 9.47 Å². The van der Waals surface area contributed by atoms with E-state index in [4.69, 9.17) is 15.2 Å². The van der Waals surface area contributed by atoms with Gasteiger partial charge in [-0.25, -0.2) is 0 Å². The topological polar surface area (TPSA) is 44.5 Å². The van der Waals surface area contributed by atoms with Crippen LogP contribution >= 0.6 is 0 Å². The zero-order valence-electron chi connectivity index (χ0n) is 11.5. The Morgan fingerprint density at radius 1 is 1.39 bits per heavy atom. The molecule has 2 rings (SSSR count). The summed E-state index contributed by atoms with van der Waals surface area (Å²) < 4.78 is 11.3. The molecule has 0 radical (unpaired) electrons. The maximum Gasteiger partial charge on any atom is 0.124 e. The maximum atomic E-state index is 6.27. The molecule has 100 valence electrons. The van der Waals surface area contributed by atoms with Crippen molar-refractivity contribution in [3.8, 4) is 11.5 Å². The number of methoxy groups -OCH3 is 1. The highest BCUT2D eigenvalue weighted by Gasteiger charge is 2.30. The van der Waals surface area contributed by atoms with E-state index < -0.39 is 0 Å². The number of nitrogens with two attached hydrogens (primary N) is 1. The number of hydrogen-bond donors (Lipinski definition) is 1. The van der Waals surface area contributed by atoms with Crippen LogP contribution in [-0.4, -0.2) is 13.2 Å². The summed E-state index contributed by atoms with van der Waals surface area (Å²) in [5.74, 6) is 2.35. The molecule has 18 heavy (non-hydrogen) atoms. The molecular formula is C15H23NO2. The molecule has 0 amide bonds. The molecule has 1 aromatic rings. The molecule has 1 aliphatic heterocycles. The van der Waals surface area contributed by atoms with Crippen LogP contribution in [0.25, 0.3) is 0 Å². The summed E-state index contributed by atoms with van der Waals surface area (Å²) in [5, 5.41) is 0. The lowest BCUT2D eigenvalue weighted by molar-refractivity contribution is 0.0942. The summed E-state index contributed by atoms with van der Waals surface area (Å²) in [6, 6.07) is 5.95. The molecule has 0 aromatic heterocycles. The molecule has 0 bridgehead atoms. The summed E-state index contributed by atoms with van der Waals surface area (Å²) in [6.45, 7) is 4.43. The van der Waals surface area contributed by atoms with E-state index in [1.807, 2.05) is 18.2 Å². The van der Waals surface area contributed by atoms with E-state index in [2.05, 4.69) is 13.8 Å². The van der Waals surface area contributed by atoms with Crippen LogP contribution in [0.1, 0.15) is 44.7 Å². The Morgan fingerprint density at radius 2 is 2.11 bits per heavy atom. The smallest absolute Gasteiger partial charge is 0.124 e. The van der Waals surface area contributed by atoms with Gasteiger partial charge in [0.25, 0.3) is 0 Å². The predicted octanol–water partition coefficient (Wildman–Crippen LogP) is 3.28. The molecule has 0 saturated carbocycles. The lowest BCUT2D eigenvalue weighted by atomic mass is 9.87.